The summed E-state index contributed by atoms with van der Waals surface area (Å²) in [6.07, 6.45) is 6.18. The first kappa shape index (κ1) is 33.2. The molecule has 4 bridgehead atoms. The molecule has 1 aromatic heterocycles. The van der Waals surface area contributed by atoms with Crippen LogP contribution < -0.4 is 20.5 Å². The first-order valence-corrected chi connectivity index (χ1v) is 17.3. The van der Waals surface area contributed by atoms with E-state index in [4.69, 9.17) is 15.2 Å². The fraction of sp³-hybridized carbons (Fsp3) is 0.647. The molecule has 0 radical (unpaired) electrons. The van der Waals surface area contributed by atoms with E-state index in [9.17, 15) is 14.4 Å². The van der Waals surface area contributed by atoms with Gasteiger partial charge in [0.15, 0.2) is 11.5 Å². The topological polar surface area (TPSA) is 127 Å². The van der Waals surface area contributed by atoms with Gasteiger partial charge in [-0.05, 0) is 79.9 Å². The Morgan fingerprint density at radius 1 is 1.09 bits per heavy atom. The molecule has 4 heterocycles. The summed E-state index contributed by atoms with van der Waals surface area (Å²) < 4.78 is 11.3. The number of hydrogen-bond acceptors (Lipinski definition) is 8. The van der Waals surface area contributed by atoms with Gasteiger partial charge in [0.25, 0.3) is 5.91 Å². The number of nitrogens with one attached hydrogen (secondary N) is 1. The zero-order valence-corrected chi connectivity index (χ0v) is 28.0. The van der Waals surface area contributed by atoms with Crippen molar-refractivity contribution in [3.05, 3.63) is 39.3 Å². The molecule has 45 heavy (non-hydrogen) atoms. The quantitative estimate of drug-likeness (QED) is 0.481. The summed E-state index contributed by atoms with van der Waals surface area (Å²) in [6.45, 7) is 6.66. The number of carbonyl (C=O) groups is 3. The summed E-state index contributed by atoms with van der Waals surface area (Å²) in [5, 5.41) is 5.70. The minimum Gasteiger partial charge on any atom is -0.493 e. The van der Waals surface area contributed by atoms with Crippen LogP contribution in [0.1, 0.15) is 91.5 Å². The van der Waals surface area contributed by atoms with Crippen molar-refractivity contribution in [3.8, 4) is 11.5 Å². The van der Waals surface area contributed by atoms with Crippen LogP contribution in [0.3, 0.4) is 0 Å². The average molecular weight is 640 g/mol. The van der Waals surface area contributed by atoms with Gasteiger partial charge in [-0.15, -0.1) is 11.3 Å². The molecule has 2 aromatic rings. The third-order valence-electron chi connectivity index (χ3n) is 9.45. The van der Waals surface area contributed by atoms with Gasteiger partial charge in [-0.1, -0.05) is 19.9 Å². The maximum Gasteiger partial charge on any atom is 0.273 e. The Morgan fingerprint density at radius 2 is 1.91 bits per heavy atom. The highest BCUT2D eigenvalue weighted by molar-refractivity contribution is 7.09. The zero-order chi connectivity index (χ0) is 32.1. The van der Waals surface area contributed by atoms with Gasteiger partial charge >= 0.3 is 0 Å². The minimum absolute atomic E-state index is 0.0171. The molecule has 0 spiro atoms. The molecule has 246 valence electrons. The number of aryl methyl sites for hydroxylation is 2. The second-order valence-electron chi connectivity index (χ2n) is 13.3. The molecule has 3 N–H and O–H groups in total. The van der Waals surface area contributed by atoms with E-state index in [1.165, 1.54) is 11.3 Å². The minimum atomic E-state index is -0.168. The molecule has 2 saturated heterocycles. The highest BCUT2D eigenvalue weighted by atomic mass is 32.1. The largest absolute Gasteiger partial charge is 0.493 e. The maximum absolute atomic E-state index is 13.9. The Labute approximate surface area is 271 Å². The second-order valence-corrected chi connectivity index (χ2v) is 14.2. The van der Waals surface area contributed by atoms with Gasteiger partial charge < -0.3 is 30.3 Å². The van der Waals surface area contributed by atoms with Gasteiger partial charge in [-0.3, -0.25) is 14.4 Å². The normalized spacial score (nSPS) is 23.7. The van der Waals surface area contributed by atoms with Gasteiger partial charge in [0.2, 0.25) is 11.8 Å². The first-order chi connectivity index (χ1) is 21.7. The van der Waals surface area contributed by atoms with E-state index in [-0.39, 0.29) is 41.6 Å². The van der Waals surface area contributed by atoms with Crippen LogP contribution >= 0.6 is 11.3 Å². The molecule has 2 fully saturated rings. The number of methoxy groups -OCH3 is 2. The van der Waals surface area contributed by atoms with Crippen molar-refractivity contribution in [3.63, 3.8) is 0 Å². The molecule has 4 atom stereocenters. The molecular weight excluding hydrogens is 590 g/mol. The number of likely N-dealkylation sites (tertiary alicyclic amines) is 1. The van der Waals surface area contributed by atoms with Gasteiger partial charge in [0, 0.05) is 50.4 Å². The monoisotopic (exact) mass is 639 g/mol. The summed E-state index contributed by atoms with van der Waals surface area (Å²) >= 11 is 1.46. The van der Waals surface area contributed by atoms with Crippen molar-refractivity contribution < 1.29 is 23.9 Å². The van der Waals surface area contributed by atoms with Crippen LogP contribution in [0.2, 0.25) is 0 Å². The van der Waals surface area contributed by atoms with E-state index in [1.54, 1.807) is 14.2 Å². The molecular formula is C34H49N5O5S. The van der Waals surface area contributed by atoms with Gasteiger partial charge in [0.1, 0.15) is 10.7 Å². The number of thiazole rings is 1. The standard InChI is InChI=1S/C34H49N5O5S/c1-21(2)13-26(35)33-37-27(20-45-33)34(42)38-17-23-15-25(19-38)28-8-5-9-30(40)36-12-6-7-24-14-22(10-11-31(41)39(28)18-23)16-29(43-3)32(24)44-4/h14,16,20-21,23,25-26,28H,5-13,15,17-19,35H2,1-4H3,(H,36,40)/t23-,25+,26-,28-/m0/s1. The molecule has 10 nitrogen and oxygen atoms in total. The molecule has 11 heteroatoms. The number of benzene rings is 1. The van der Waals surface area contributed by atoms with Crippen molar-refractivity contribution in [1.82, 2.24) is 20.1 Å². The van der Waals surface area contributed by atoms with Crippen molar-refractivity contribution in [2.45, 2.75) is 83.7 Å². The van der Waals surface area contributed by atoms with Crippen LogP contribution in [0.15, 0.2) is 17.5 Å². The van der Waals surface area contributed by atoms with Crippen LogP contribution in [0.5, 0.6) is 11.5 Å². The van der Waals surface area contributed by atoms with E-state index in [1.807, 2.05) is 16.3 Å². The maximum atomic E-state index is 13.9. The molecule has 3 amide bonds. The molecule has 3 aliphatic rings. The smallest absolute Gasteiger partial charge is 0.273 e. The number of amides is 3. The number of hydrogen-bond donors (Lipinski definition) is 2. The van der Waals surface area contributed by atoms with Crippen molar-refractivity contribution in [2.24, 2.45) is 23.5 Å². The Hall–Kier alpha value is -3.18. The molecule has 5 rings (SSSR count). The lowest BCUT2D eigenvalue weighted by Crippen LogP contribution is -2.60. The highest BCUT2D eigenvalue weighted by Crippen LogP contribution is 2.38. The van der Waals surface area contributed by atoms with Gasteiger partial charge in [0.05, 0.1) is 20.3 Å². The Balaban J connectivity index is 1.33. The fourth-order valence-electron chi connectivity index (χ4n) is 7.39. The van der Waals surface area contributed by atoms with Crippen LogP contribution in [-0.4, -0.2) is 78.9 Å². The highest BCUT2D eigenvalue weighted by Gasteiger charge is 2.43. The molecule has 1 aromatic carbocycles. The number of fused-ring (bicyclic) bond motifs is 6. The summed E-state index contributed by atoms with van der Waals surface area (Å²) in [4.78, 5) is 48.9. The summed E-state index contributed by atoms with van der Waals surface area (Å²) in [5.74, 6) is 2.28. The number of carbonyl (C=O) groups excluding carboxylic acids is 3. The van der Waals surface area contributed by atoms with Crippen LogP contribution in [0.4, 0.5) is 0 Å². The molecule has 0 saturated carbocycles. The third kappa shape index (κ3) is 7.98. The molecule has 3 aliphatic heterocycles. The lowest BCUT2D eigenvalue weighted by molar-refractivity contribution is -0.140. The average Bonchev–Trinajstić information content (AvgIpc) is 3.52. The Morgan fingerprint density at radius 3 is 2.67 bits per heavy atom. The Bertz CT molecular complexity index is 1360. The number of nitrogens with zero attached hydrogens (tertiary/aromatic N) is 3. The zero-order valence-electron chi connectivity index (χ0n) is 27.2. The summed E-state index contributed by atoms with van der Waals surface area (Å²) in [6, 6.07) is 3.88. The van der Waals surface area contributed by atoms with Crippen molar-refractivity contribution in [2.75, 3.05) is 40.4 Å². The number of rotatable bonds is 6. The first-order valence-electron chi connectivity index (χ1n) is 16.5. The van der Waals surface area contributed by atoms with E-state index in [0.717, 1.165) is 48.2 Å². The predicted octanol–water partition coefficient (Wildman–Crippen LogP) is 4.36. The number of aromatic nitrogens is 1. The van der Waals surface area contributed by atoms with Crippen molar-refractivity contribution >= 4 is 29.1 Å². The lowest BCUT2D eigenvalue weighted by Gasteiger charge is -2.51. The van der Waals surface area contributed by atoms with Crippen LogP contribution in [-0.2, 0) is 22.4 Å². The second kappa shape index (κ2) is 14.9. The van der Waals surface area contributed by atoms with E-state index < -0.39 is 0 Å². The van der Waals surface area contributed by atoms with E-state index in [0.29, 0.717) is 75.0 Å². The predicted molar refractivity (Wildman–Crippen MR) is 175 cm³/mol. The van der Waals surface area contributed by atoms with Crippen LogP contribution in [0, 0.1) is 17.8 Å². The fourth-order valence-corrected chi connectivity index (χ4v) is 8.20. The van der Waals surface area contributed by atoms with E-state index in [2.05, 4.69) is 35.1 Å². The molecule has 0 unspecified atom stereocenters. The molecule has 0 aliphatic carbocycles. The summed E-state index contributed by atoms with van der Waals surface area (Å²) in [7, 11) is 3.26. The van der Waals surface area contributed by atoms with E-state index >= 15 is 0 Å². The summed E-state index contributed by atoms with van der Waals surface area (Å²) in [5.41, 5.74) is 8.87. The Kier molecular flexibility index (Phi) is 11.0. The number of nitrogens with two attached hydrogens (primary N) is 1. The number of piperidine rings is 2. The lowest BCUT2D eigenvalue weighted by atomic mass is 9.77. The van der Waals surface area contributed by atoms with Crippen molar-refractivity contribution in [1.29, 1.82) is 0 Å². The SMILES string of the molecule is COc1cc2cc(c1OC)CCCNC(=O)CCC[C@H]1[C@@H]3C[C@@H](CN(C(=O)c4csc([C@@H](N)CC(C)C)n4)C3)CN1C(=O)CC2. The number of ether oxygens (including phenoxy) is 2. The van der Waals surface area contributed by atoms with Gasteiger partial charge in [-0.2, -0.15) is 0 Å². The third-order valence-corrected chi connectivity index (χ3v) is 10.4. The van der Waals surface area contributed by atoms with Crippen LogP contribution in [0.25, 0.3) is 0 Å². The van der Waals surface area contributed by atoms with Gasteiger partial charge in [-0.25, -0.2) is 4.98 Å².